The van der Waals surface area contributed by atoms with Crippen LogP contribution < -0.4 is 10.1 Å². The first-order valence-electron chi connectivity index (χ1n) is 9.77. The lowest BCUT2D eigenvalue weighted by Crippen LogP contribution is -2.35. The Kier molecular flexibility index (Phi) is 5.35. The second-order valence-electron chi connectivity index (χ2n) is 7.53. The molecule has 148 valence electrons. The van der Waals surface area contributed by atoms with Crippen LogP contribution in [0.4, 0.5) is 5.13 Å². The van der Waals surface area contributed by atoms with Gasteiger partial charge in [-0.3, -0.25) is 9.59 Å². The Labute approximate surface area is 168 Å². The summed E-state index contributed by atoms with van der Waals surface area (Å²) in [6.07, 6.45) is 4.79. The lowest BCUT2D eigenvalue weighted by Gasteiger charge is -2.23. The highest BCUT2D eigenvalue weighted by Gasteiger charge is 2.38. The average Bonchev–Trinajstić information content (AvgIpc) is 3.42. The van der Waals surface area contributed by atoms with Crippen LogP contribution in [0.1, 0.15) is 37.0 Å². The first-order chi connectivity index (χ1) is 13.5. The molecule has 4 rings (SSSR count). The van der Waals surface area contributed by atoms with Crippen molar-refractivity contribution in [3.63, 3.8) is 0 Å². The van der Waals surface area contributed by atoms with E-state index in [-0.39, 0.29) is 17.7 Å². The van der Waals surface area contributed by atoms with E-state index in [0.717, 1.165) is 34.7 Å². The molecule has 1 saturated heterocycles. The second-order valence-corrected chi connectivity index (χ2v) is 8.73. The van der Waals surface area contributed by atoms with Crippen LogP contribution >= 0.6 is 11.3 Å². The minimum Gasteiger partial charge on any atom is -0.497 e. The summed E-state index contributed by atoms with van der Waals surface area (Å²) >= 11 is 1.46. The van der Waals surface area contributed by atoms with Crippen LogP contribution in [0.3, 0.4) is 0 Å². The van der Waals surface area contributed by atoms with Gasteiger partial charge < -0.3 is 15.0 Å². The first kappa shape index (κ1) is 18.9. The lowest BCUT2D eigenvalue weighted by molar-refractivity contribution is -0.129. The van der Waals surface area contributed by atoms with Gasteiger partial charge in [-0.05, 0) is 44.0 Å². The molecule has 2 fully saturated rings. The summed E-state index contributed by atoms with van der Waals surface area (Å²) in [4.78, 5) is 32.6. The maximum absolute atomic E-state index is 12.7. The average molecular weight is 400 g/mol. The van der Waals surface area contributed by atoms with E-state index < -0.39 is 0 Å². The second kappa shape index (κ2) is 7.91. The maximum Gasteiger partial charge on any atom is 0.231 e. The molecule has 1 aliphatic heterocycles. The quantitative estimate of drug-likeness (QED) is 0.829. The number of carbonyl (C=O) groups excluding carboxylic acids is 2. The summed E-state index contributed by atoms with van der Waals surface area (Å²) < 4.78 is 5.20. The topological polar surface area (TPSA) is 71.5 Å². The van der Waals surface area contributed by atoms with Gasteiger partial charge >= 0.3 is 0 Å². The van der Waals surface area contributed by atoms with Crippen molar-refractivity contribution in [1.82, 2.24) is 9.88 Å². The predicted molar refractivity (Wildman–Crippen MR) is 110 cm³/mol. The molecule has 0 spiro atoms. The van der Waals surface area contributed by atoms with Crippen molar-refractivity contribution >= 4 is 28.3 Å². The summed E-state index contributed by atoms with van der Waals surface area (Å²) in [5.74, 6) is 0.509. The van der Waals surface area contributed by atoms with Crippen LogP contribution in [0, 0.1) is 12.8 Å². The molecule has 2 heterocycles. The molecule has 1 aromatic heterocycles. The Hall–Kier alpha value is -2.41. The van der Waals surface area contributed by atoms with Crippen LogP contribution in [-0.4, -0.2) is 41.4 Å². The van der Waals surface area contributed by atoms with Crippen molar-refractivity contribution in [3.8, 4) is 17.0 Å². The van der Waals surface area contributed by atoms with Crippen LogP contribution in [0.2, 0.25) is 0 Å². The van der Waals surface area contributed by atoms with E-state index >= 15 is 0 Å². The number of amides is 2. The minimum absolute atomic E-state index is 0.108. The molecule has 2 aliphatic rings. The molecule has 1 N–H and O–H groups in total. The van der Waals surface area contributed by atoms with E-state index in [0.29, 0.717) is 24.1 Å². The number of ether oxygens (including phenoxy) is 1. The monoisotopic (exact) mass is 399 g/mol. The maximum atomic E-state index is 12.7. The zero-order valence-corrected chi connectivity index (χ0v) is 17.1. The van der Waals surface area contributed by atoms with Crippen LogP contribution in [-0.2, 0) is 9.59 Å². The predicted octanol–water partition coefficient (Wildman–Crippen LogP) is 3.86. The largest absolute Gasteiger partial charge is 0.497 e. The number of nitrogens with zero attached hydrogens (tertiary/aromatic N) is 2. The summed E-state index contributed by atoms with van der Waals surface area (Å²) in [6, 6.07) is 8.04. The Balaban J connectivity index is 1.43. The minimum atomic E-state index is -0.290. The van der Waals surface area contributed by atoms with Gasteiger partial charge in [0.2, 0.25) is 11.8 Å². The molecule has 2 amide bonds. The van der Waals surface area contributed by atoms with Crippen molar-refractivity contribution < 1.29 is 14.3 Å². The summed E-state index contributed by atoms with van der Waals surface area (Å²) in [7, 11) is 1.64. The van der Waals surface area contributed by atoms with E-state index in [2.05, 4.69) is 10.3 Å². The lowest BCUT2D eigenvalue weighted by atomic mass is 10.1. The van der Waals surface area contributed by atoms with Crippen molar-refractivity contribution in [1.29, 1.82) is 0 Å². The molecule has 28 heavy (non-hydrogen) atoms. The third kappa shape index (κ3) is 3.76. The Morgan fingerprint density at radius 3 is 2.64 bits per heavy atom. The van der Waals surface area contributed by atoms with Crippen molar-refractivity contribution in [2.75, 3.05) is 19.0 Å². The molecule has 6 nitrogen and oxygen atoms in total. The zero-order valence-electron chi connectivity index (χ0n) is 16.2. The number of methoxy groups -OCH3 is 1. The van der Waals surface area contributed by atoms with Gasteiger partial charge in [-0.25, -0.2) is 4.98 Å². The van der Waals surface area contributed by atoms with Gasteiger partial charge in [0.25, 0.3) is 0 Å². The van der Waals surface area contributed by atoms with E-state index in [1.807, 2.05) is 36.1 Å². The summed E-state index contributed by atoms with van der Waals surface area (Å²) in [6.45, 7) is 2.53. The molecule has 1 aromatic carbocycles. The van der Waals surface area contributed by atoms with Crippen LogP contribution in [0.15, 0.2) is 24.3 Å². The number of anilines is 1. The molecular formula is C21H25N3O3S. The van der Waals surface area contributed by atoms with Crippen molar-refractivity contribution in [2.45, 2.75) is 45.1 Å². The van der Waals surface area contributed by atoms with Crippen molar-refractivity contribution in [2.24, 2.45) is 5.92 Å². The van der Waals surface area contributed by atoms with E-state index in [4.69, 9.17) is 4.74 Å². The highest BCUT2D eigenvalue weighted by atomic mass is 32.1. The molecule has 1 saturated carbocycles. The molecule has 7 heteroatoms. The molecular weight excluding hydrogens is 374 g/mol. The number of thiazole rings is 1. The number of likely N-dealkylation sites (tertiary alicyclic amines) is 1. The number of hydrogen-bond acceptors (Lipinski definition) is 5. The molecule has 1 unspecified atom stereocenters. The van der Waals surface area contributed by atoms with Gasteiger partial charge in [0.15, 0.2) is 5.13 Å². The summed E-state index contributed by atoms with van der Waals surface area (Å²) in [5.41, 5.74) is 1.84. The fourth-order valence-electron chi connectivity index (χ4n) is 4.15. The molecule has 1 aliphatic carbocycles. The van der Waals surface area contributed by atoms with Crippen LogP contribution in [0.5, 0.6) is 5.75 Å². The molecule has 0 radical (unpaired) electrons. The van der Waals surface area contributed by atoms with Gasteiger partial charge in [-0.15, -0.1) is 11.3 Å². The molecule has 1 atom stereocenters. The number of nitrogens with one attached hydrogen (secondary N) is 1. The third-order valence-electron chi connectivity index (χ3n) is 5.68. The summed E-state index contributed by atoms with van der Waals surface area (Å²) in [5, 5.41) is 3.52. The Morgan fingerprint density at radius 2 is 1.96 bits per heavy atom. The highest BCUT2D eigenvalue weighted by Crippen LogP contribution is 2.33. The van der Waals surface area contributed by atoms with Gasteiger partial charge in [0.05, 0.1) is 18.7 Å². The number of aromatic nitrogens is 1. The van der Waals surface area contributed by atoms with Gasteiger partial charge in [0.1, 0.15) is 5.75 Å². The molecule has 0 bridgehead atoms. The standard InChI is InChI=1S/C21H25N3O3S/c1-13-19(14-7-9-17(27-2)10-8-14)22-21(28-13)23-20(26)15-11-18(25)24(12-15)16-5-3-4-6-16/h7-10,15-16H,3-6,11-12H2,1-2H3,(H,22,23,26). The van der Waals surface area contributed by atoms with Gasteiger partial charge in [0, 0.05) is 29.4 Å². The number of benzene rings is 1. The number of rotatable bonds is 5. The number of aryl methyl sites for hydroxylation is 1. The van der Waals surface area contributed by atoms with Crippen LogP contribution in [0.25, 0.3) is 11.3 Å². The fraction of sp³-hybridized carbons (Fsp3) is 0.476. The van der Waals surface area contributed by atoms with E-state index in [1.54, 1.807) is 7.11 Å². The number of carbonyl (C=O) groups is 2. The van der Waals surface area contributed by atoms with Gasteiger partial charge in [-0.2, -0.15) is 0 Å². The normalized spacial score (nSPS) is 20.0. The molecule has 2 aromatic rings. The Bertz CT molecular complexity index is 872. The van der Waals surface area contributed by atoms with Crippen molar-refractivity contribution in [3.05, 3.63) is 29.1 Å². The SMILES string of the molecule is COc1ccc(-c2nc(NC(=O)C3CC(=O)N(C4CCCC4)C3)sc2C)cc1. The van der Waals surface area contributed by atoms with Gasteiger partial charge in [-0.1, -0.05) is 12.8 Å². The van der Waals surface area contributed by atoms with E-state index in [1.165, 1.54) is 24.2 Å². The highest BCUT2D eigenvalue weighted by molar-refractivity contribution is 7.16. The zero-order chi connectivity index (χ0) is 19.7. The number of hydrogen-bond donors (Lipinski definition) is 1. The first-order valence-corrected chi connectivity index (χ1v) is 10.6. The van der Waals surface area contributed by atoms with E-state index in [9.17, 15) is 9.59 Å². The fourth-order valence-corrected chi connectivity index (χ4v) is 4.99. The Morgan fingerprint density at radius 1 is 1.25 bits per heavy atom. The smallest absolute Gasteiger partial charge is 0.231 e. The third-order valence-corrected chi connectivity index (χ3v) is 6.57.